The number of nitrogens with zero attached hydrogens (tertiary/aromatic N) is 1. The van der Waals surface area contributed by atoms with Crippen molar-refractivity contribution in [2.75, 3.05) is 14.2 Å². The number of benzene rings is 2. The van der Waals surface area contributed by atoms with Gasteiger partial charge in [-0.2, -0.15) is 0 Å². The molecule has 0 saturated heterocycles. The zero-order chi connectivity index (χ0) is 18.1. The zero-order valence-corrected chi connectivity index (χ0v) is 15.4. The Kier molecular flexibility index (Phi) is 4.44. The third kappa shape index (κ3) is 3.34. The Labute approximate surface area is 154 Å². The summed E-state index contributed by atoms with van der Waals surface area (Å²) in [4.78, 5) is 17.9. The number of aromatic nitrogens is 1. The Morgan fingerprint density at radius 3 is 2.81 bits per heavy atom. The van der Waals surface area contributed by atoms with Gasteiger partial charge in [-0.25, -0.2) is 9.78 Å². The second kappa shape index (κ2) is 6.90. The lowest BCUT2D eigenvalue weighted by Crippen LogP contribution is -3.06. The van der Waals surface area contributed by atoms with Crippen molar-refractivity contribution in [1.82, 2.24) is 4.98 Å². The predicted molar refractivity (Wildman–Crippen MR) is 103 cm³/mol. The molecule has 2 aromatic carbocycles. The first kappa shape index (κ1) is 16.8. The van der Waals surface area contributed by atoms with Crippen molar-refractivity contribution in [2.45, 2.75) is 13.1 Å². The quantitative estimate of drug-likeness (QED) is 0.551. The van der Waals surface area contributed by atoms with Crippen molar-refractivity contribution >= 4 is 32.5 Å². The summed E-state index contributed by atoms with van der Waals surface area (Å²) in [5.41, 5.74) is 2.23. The number of fused-ring (bicyclic) bond motifs is 2. The summed E-state index contributed by atoms with van der Waals surface area (Å²) in [6, 6.07) is 15.3. The van der Waals surface area contributed by atoms with Gasteiger partial charge in [-0.3, -0.25) is 0 Å². The van der Waals surface area contributed by atoms with Crippen LogP contribution in [0.4, 0.5) is 0 Å². The minimum Gasteiger partial charge on any atom is -0.497 e. The van der Waals surface area contributed by atoms with Crippen molar-refractivity contribution in [3.05, 3.63) is 69.5 Å². The minimum atomic E-state index is -0.339. The van der Waals surface area contributed by atoms with Crippen molar-refractivity contribution in [3.63, 3.8) is 0 Å². The van der Waals surface area contributed by atoms with E-state index < -0.39 is 0 Å². The smallest absolute Gasteiger partial charge is 0.336 e. The molecule has 0 aliphatic carbocycles. The third-order valence-corrected chi connectivity index (χ3v) is 5.36. The minimum absolute atomic E-state index is 0.339. The Balaban J connectivity index is 1.60. The number of hydrogen-bond acceptors (Lipinski definition) is 5. The lowest BCUT2D eigenvalue weighted by Gasteiger charge is -2.13. The lowest BCUT2D eigenvalue weighted by atomic mass is 10.1. The fourth-order valence-electron chi connectivity index (χ4n) is 3.12. The number of para-hydroxylation sites is 1. The van der Waals surface area contributed by atoms with E-state index in [4.69, 9.17) is 14.1 Å². The fourth-order valence-corrected chi connectivity index (χ4v) is 4.21. The average molecular weight is 367 g/mol. The van der Waals surface area contributed by atoms with Crippen LogP contribution in [0, 0.1) is 0 Å². The van der Waals surface area contributed by atoms with E-state index in [0.29, 0.717) is 17.9 Å². The average Bonchev–Trinajstić information content (AvgIpc) is 3.02. The molecule has 0 aliphatic heterocycles. The maximum absolute atomic E-state index is 11.9. The van der Waals surface area contributed by atoms with Crippen LogP contribution in [0.15, 0.2) is 57.7 Å². The van der Waals surface area contributed by atoms with Crippen molar-refractivity contribution < 1.29 is 14.1 Å². The number of quaternary nitrogens is 1. The molecule has 2 heterocycles. The van der Waals surface area contributed by atoms with Gasteiger partial charge in [-0.1, -0.05) is 12.1 Å². The van der Waals surface area contributed by atoms with Crippen LogP contribution in [0.3, 0.4) is 0 Å². The van der Waals surface area contributed by atoms with Gasteiger partial charge in [0.2, 0.25) is 0 Å². The van der Waals surface area contributed by atoms with E-state index in [1.807, 2.05) is 30.3 Å². The molecule has 6 heteroatoms. The van der Waals surface area contributed by atoms with E-state index in [0.717, 1.165) is 28.0 Å². The molecule has 5 nitrogen and oxygen atoms in total. The third-order valence-electron chi connectivity index (χ3n) is 4.32. The van der Waals surface area contributed by atoms with Gasteiger partial charge >= 0.3 is 5.63 Å². The Hall–Kier alpha value is -2.70. The van der Waals surface area contributed by atoms with Crippen LogP contribution < -0.4 is 15.3 Å². The van der Waals surface area contributed by atoms with Gasteiger partial charge < -0.3 is 14.1 Å². The van der Waals surface area contributed by atoms with Crippen LogP contribution in [0.25, 0.3) is 21.2 Å². The SMILES string of the molecule is COc1ccc2c(C[NH+](C)Cc3nc4ccccc4s3)cc(=O)oc2c1. The standard InChI is InChI=1S/C20H18N2O3S/c1-22(12-19-21-16-5-3-4-6-18(16)26-19)11-13-9-20(23)25-17-10-14(24-2)7-8-15(13)17/h3-10H,11-12H2,1-2H3/p+1. The molecular formula is C20H19N2O3S+. The van der Waals surface area contributed by atoms with E-state index in [1.165, 1.54) is 9.60 Å². The highest BCUT2D eigenvalue weighted by molar-refractivity contribution is 7.18. The number of hydrogen-bond donors (Lipinski definition) is 1. The number of nitrogens with one attached hydrogen (secondary N) is 1. The maximum Gasteiger partial charge on any atom is 0.336 e. The number of methoxy groups -OCH3 is 1. The molecule has 132 valence electrons. The molecule has 0 fully saturated rings. The molecule has 1 unspecified atom stereocenters. The highest BCUT2D eigenvalue weighted by atomic mass is 32.1. The summed E-state index contributed by atoms with van der Waals surface area (Å²) in [5, 5.41) is 2.03. The fraction of sp³-hybridized carbons (Fsp3) is 0.200. The highest BCUT2D eigenvalue weighted by Gasteiger charge is 2.14. The van der Waals surface area contributed by atoms with E-state index in [2.05, 4.69) is 13.1 Å². The number of rotatable bonds is 5. The number of thiazole rings is 1. The van der Waals surface area contributed by atoms with Gasteiger partial charge in [0.15, 0.2) is 0 Å². The Bertz CT molecular complexity index is 1100. The molecule has 4 rings (SSSR count). The summed E-state index contributed by atoms with van der Waals surface area (Å²) in [6.07, 6.45) is 0. The molecule has 0 bridgehead atoms. The summed E-state index contributed by atoms with van der Waals surface area (Å²) < 4.78 is 11.7. The van der Waals surface area contributed by atoms with Gasteiger partial charge in [0.1, 0.15) is 29.4 Å². The van der Waals surface area contributed by atoms with Gasteiger partial charge in [0, 0.05) is 23.1 Å². The van der Waals surface area contributed by atoms with Crippen LogP contribution in [0.1, 0.15) is 10.6 Å². The van der Waals surface area contributed by atoms with E-state index in [9.17, 15) is 4.79 Å². The highest BCUT2D eigenvalue weighted by Crippen LogP contribution is 2.23. The van der Waals surface area contributed by atoms with Crippen LogP contribution in [0.5, 0.6) is 5.75 Å². The first-order chi connectivity index (χ1) is 12.6. The van der Waals surface area contributed by atoms with Crippen LogP contribution in [-0.2, 0) is 13.1 Å². The summed E-state index contributed by atoms with van der Waals surface area (Å²) >= 11 is 1.72. The molecular weight excluding hydrogens is 348 g/mol. The molecule has 0 spiro atoms. The molecule has 2 aromatic heterocycles. The van der Waals surface area contributed by atoms with Crippen molar-refractivity contribution in [1.29, 1.82) is 0 Å². The molecule has 0 aliphatic rings. The second-order valence-corrected chi connectivity index (χ2v) is 7.45. The number of ether oxygens (including phenoxy) is 1. The lowest BCUT2D eigenvalue weighted by molar-refractivity contribution is -0.907. The Morgan fingerprint density at radius 2 is 2.00 bits per heavy atom. The van der Waals surface area contributed by atoms with Crippen LogP contribution in [-0.4, -0.2) is 19.1 Å². The van der Waals surface area contributed by atoms with Gasteiger partial charge in [0.25, 0.3) is 0 Å². The first-order valence-electron chi connectivity index (χ1n) is 8.39. The normalized spacial score (nSPS) is 12.5. The van der Waals surface area contributed by atoms with Crippen molar-refractivity contribution in [2.24, 2.45) is 0 Å². The summed E-state index contributed by atoms with van der Waals surface area (Å²) in [6.45, 7) is 1.52. The summed E-state index contributed by atoms with van der Waals surface area (Å²) in [7, 11) is 3.70. The van der Waals surface area contributed by atoms with Gasteiger partial charge in [-0.05, 0) is 24.3 Å². The van der Waals surface area contributed by atoms with Crippen LogP contribution in [0.2, 0.25) is 0 Å². The maximum atomic E-state index is 11.9. The first-order valence-corrected chi connectivity index (χ1v) is 9.20. The molecule has 1 N–H and O–H groups in total. The van der Waals surface area contributed by atoms with Crippen molar-refractivity contribution in [3.8, 4) is 5.75 Å². The molecule has 0 saturated carbocycles. The van der Waals surface area contributed by atoms with E-state index in [1.54, 1.807) is 30.6 Å². The predicted octanol–water partition coefficient (Wildman–Crippen LogP) is 2.63. The van der Waals surface area contributed by atoms with E-state index in [-0.39, 0.29) is 5.63 Å². The van der Waals surface area contributed by atoms with Gasteiger partial charge in [-0.15, -0.1) is 11.3 Å². The largest absolute Gasteiger partial charge is 0.497 e. The zero-order valence-electron chi connectivity index (χ0n) is 14.6. The monoisotopic (exact) mass is 367 g/mol. The molecule has 0 radical (unpaired) electrons. The second-order valence-electron chi connectivity index (χ2n) is 6.34. The molecule has 26 heavy (non-hydrogen) atoms. The molecule has 0 amide bonds. The Morgan fingerprint density at radius 1 is 1.15 bits per heavy atom. The topological polar surface area (TPSA) is 56.8 Å². The summed E-state index contributed by atoms with van der Waals surface area (Å²) in [5.74, 6) is 0.674. The van der Waals surface area contributed by atoms with Crippen LogP contribution >= 0.6 is 11.3 Å². The van der Waals surface area contributed by atoms with Gasteiger partial charge in [0.05, 0.1) is 24.4 Å². The van der Waals surface area contributed by atoms with E-state index >= 15 is 0 Å². The molecule has 1 atom stereocenters. The molecule has 4 aromatic rings.